The van der Waals surface area contributed by atoms with Crippen LogP contribution in [0.4, 0.5) is 17.1 Å². The molecule has 0 fully saturated rings. The van der Waals surface area contributed by atoms with Gasteiger partial charge in [0.05, 0.1) is 7.11 Å². The number of ether oxygens (including phenoxy) is 1. The van der Waals surface area contributed by atoms with Crippen molar-refractivity contribution >= 4 is 38.5 Å². The van der Waals surface area contributed by atoms with Crippen molar-refractivity contribution in [3.8, 4) is 5.75 Å². The zero-order chi connectivity index (χ0) is 13.2. The molecule has 0 aliphatic heterocycles. The minimum Gasteiger partial charge on any atom is -0.497 e. The van der Waals surface area contributed by atoms with E-state index in [-0.39, 0.29) is 0 Å². The van der Waals surface area contributed by atoms with Gasteiger partial charge in [-0.15, -0.1) is 11.3 Å². The molecule has 3 nitrogen and oxygen atoms in total. The molecule has 3 aromatic rings. The first-order valence-corrected chi connectivity index (χ1v) is 6.81. The highest BCUT2D eigenvalue weighted by Crippen LogP contribution is 2.28. The molecule has 3 N–H and O–H groups in total. The van der Waals surface area contributed by atoms with E-state index in [0.29, 0.717) is 5.69 Å². The summed E-state index contributed by atoms with van der Waals surface area (Å²) in [4.78, 5) is 0. The van der Waals surface area contributed by atoms with Crippen molar-refractivity contribution in [2.24, 2.45) is 0 Å². The Morgan fingerprint density at radius 1 is 1.05 bits per heavy atom. The maximum Gasteiger partial charge on any atom is 0.122 e. The first-order chi connectivity index (χ1) is 9.24. The van der Waals surface area contributed by atoms with Crippen molar-refractivity contribution in [1.29, 1.82) is 0 Å². The molecular weight excluding hydrogens is 256 g/mol. The predicted molar refractivity (Wildman–Crippen MR) is 82.5 cm³/mol. The third-order valence-electron chi connectivity index (χ3n) is 2.91. The van der Waals surface area contributed by atoms with Crippen molar-refractivity contribution in [3.63, 3.8) is 0 Å². The van der Waals surface area contributed by atoms with Crippen molar-refractivity contribution < 1.29 is 4.74 Å². The summed E-state index contributed by atoms with van der Waals surface area (Å²) in [7, 11) is 1.63. The third kappa shape index (κ3) is 2.48. The van der Waals surface area contributed by atoms with Crippen LogP contribution in [0.5, 0.6) is 5.75 Å². The van der Waals surface area contributed by atoms with Gasteiger partial charge in [-0.05, 0) is 41.1 Å². The summed E-state index contributed by atoms with van der Waals surface area (Å²) in [6.07, 6.45) is 0. The highest BCUT2D eigenvalue weighted by Gasteiger charge is 2.01. The van der Waals surface area contributed by atoms with Crippen LogP contribution in [0.1, 0.15) is 0 Å². The van der Waals surface area contributed by atoms with Crippen LogP contribution in [0.25, 0.3) is 10.1 Å². The summed E-state index contributed by atoms with van der Waals surface area (Å²) in [6, 6.07) is 14.0. The fraction of sp³-hybridized carbons (Fsp3) is 0.0667. The van der Waals surface area contributed by atoms with Crippen LogP contribution in [0, 0.1) is 0 Å². The minimum absolute atomic E-state index is 0.679. The number of rotatable bonds is 3. The molecule has 0 unspecified atom stereocenters. The molecule has 1 aromatic heterocycles. The van der Waals surface area contributed by atoms with Crippen molar-refractivity contribution in [2.45, 2.75) is 0 Å². The number of hydrogen-bond donors (Lipinski definition) is 2. The highest BCUT2D eigenvalue weighted by molar-refractivity contribution is 7.17. The normalized spacial score (nSPS) is 10.6. The van der Waals surface area contributed by atoms with E-state index in [0.717, 1.165) is 17.1 Å². The van der Waals surface area contributed by atoms with Crippen LogP contribution in [0.15, 0.2) is 47.8 Å². The molecule has 3 rings (SSSR count). The van der Waals surface area contributed by atoms with Gasteiger partial charge in [0.1, 0.15) is 5.75 Å². The summed E-state index contributed by atoms with van der Waals surface area (Å²) in [5.41, 5.74) is 8.49. The lowest BCUT2D eigenvalue weighted by atomic mass is 10.2. The highest BCUT2D eigenvalue weighted by atomic mass is 32.1. The van der Waals surface area contributed by atoms with Gasteiger partial charge in [0, 0.05) is 33.9 Å². The van der Waals surface area contributed by atoms with E-state index in [1.165, 1.54) is 10.1 Å². The molecule has 0 saturated carbocycles. The number of anilines is 3. The Kier molecular flexibility index (Phi) is 3.01. The van der Waals surface area contributed by atoms with Crippen molar-refractivity contribution in [3.05, 3.63) is 47.8 Å². The number of hydrogen-bond acceptors (Lipinski definition) is 4. The second kappa shape index (κ2) is 4.82. The number of fused-ring (bicyclic) bond motifs is 1. The minimum atomic E-state index is 0.679. The van der Waals surface area contributed by atoms with Gasteiger partial charge in [0.2, 0.25) is 0 Å². The quantitative estimate of drug-likeness (QED) is 0.700. The van der Waals surface area contributed by atoms with Gasteiger partial charge in [-0.25, -0.2) is 0 Å². The Bertz CT molecular complexity index is 721. The Balaban J connectivity index is 1.93. The van der Waals surface area contributed by atoms with E-state index < -0.39 is 0 Å². The van der Waals surface area contributed by atoms with E-state index in [1.54, 1.807) is 24.5 Å². The monoisotopic (exact) mass is 270 g/mol. The van der Waals surface area contributed by atoms with Gasteiger partial charge in [-0.2, -0.15) is 0 Å². The molecule has 0 aliphatic rings. The van der Waals surface area contributed by atoms with Crippen LogP contribution in [-0.2, 0) is 0 Å². The Labute approximate surface area is 115 Å². The molecule has 96 valence electrons. The second-order valence-corrected chi connectivity index (χ2v) is 5.24. The fourth-order valence-electron chi connectivity index (χ4n) is 2.02. The van der Waals surface area contributed by atoms with Crippen LogP contribution in [0.2, 0.25) is 0 Å². The average Bonchev–Trinajstić information content (AvgIpc) is 2.85. The first-order valence-electron chi connectivity index (χ1n) is 5.93. The van der Waals surface area contributed by atoms with Gasteiger partial charge in [0.15, 0.2) is 0 Å². The Morgan fingerprint density at radius 2 is 1.95 bits per heavy atom. The number of nitrogens with one attached hydrogen (secondary N) is 1. The lowest BCUT2D eigenvalue weighted by molar-refractivity contribution is 0.415. The number of nitrogens with two attached hydrogens (primary N) is 1. The van der Waals surface area contributed by atoms with E-state index in [2.05, 4.69) is 35.0 Å². The molecule has 19 heavy (non-hydrogen) atoms. The molecule has 0 amide bonds. The molecule has 1 heterocycles. The molecule has 0 saturated heterocycles. The van der Waals surface area contributed by atoms with Gasteiger partial charge in [-0.3, -0.25) is 0 Å². The van der Waals surface area contributed by atoms with Crippen LogP contribution >= 0.6 is 11.3 Å². The lowest BCUT2D eigenvalue weighted by Crippen LogP contribution is -1.94. The molecule has 0 atom stereocenters. The summed E-state index contributed by atoms with van der Waals surface area (Å²) in [6.45, 7) is 0. The number of benzene rings is 2. The van der Waals surface area contributed by atoms with Gasteiger partial charge in [0.25, 0.3) is 0 Å². The largest absolute Gasteiger partial charge is 0.497 e. The molecule has 0 spiro atoms. The Hall–Kier alpha value is -2.20. The molecule has 0 aliphatic carbocycles. The topological polar surface area (TPSA) is 47.3 Å². The lowest BCUT2D eigenvalue weighted by Gasteiger charge is -2.09. The first kappa shape index (κ1) is 11.9. The Morgan fingerprint density at radius 3 is 2.79 bits per heavy atom. The summed E-state index contributed by atoms with van der Waals surface area (Å²) in [5.74, 6) is 0.749. The SMILES string of the molecule is COc1cc(N)cc(Nc2ccc3sccc3c2)c1. The third-order valence-corrected chi connectivity index (χ3v) is 3.80. The maximum absolute atomic E-state index is 5.84. The maximum atomic E-state index is 5.84. The number of thiophene rings is 1. The second-order valence-electron chi connectivity index (χ2n) is 4.29. The summed E-state index contributed by atoms with van der Waals surface area (Å²) >= 11 is 1.74. The van der Waals surface area contributed by atoms with Crippen molar-refractivity contribution in [2.75, 3.05) is 18.2 Å². The van der Waals surface area contributed by atoms with Gasteiger partial charge >= 0.3 is 0 Å². The van der Waals surface area contributed by atoms with E-state index >= 15 is 0 Å². The predicted octanol–water partition coefficient (Wildman–Crippen LogP) is 4.24. The van der Waals surface area contributed by atoms with Gasteiger partial charge in [-0.1, -0.05) is 0 Å². The zero-order valence-corrected chi connectivity index (χ0v) is 11.3. The molecule has 2 aromatic carbocycles. The summed E-state index contributed by atoms with van der Waals surface area (Å²) < 4.78 is 6.50. The molecule has 4 heteroatoms. The van der Waals surface area contributed by atoms with Gasteiger partial charge < -0.3 is 15.8 Å². The summed E-state index contributed by atoms with van der Waals surface area (Å²) in [5, 5.41) is 6.68. The number of methoxy groups -OCH3 is 1. The molecular formula is C15H14N2OS. The van der Waals surface area contributed by atoms with Crippen LogP contribution in [-0.4, -0.2) is 7.11 Å². The molecule has 0 radical (unpaired) electrons. The average molecular weight is 270 g/mol. The van der Waals surface area contributed by atoms with E-state index in [4.69, 9.17) is 10.5 Å². The zero-order valence-electron chi connectivity index (χ0n) is 10.5. The van der Waals surface area contributed by atoms with Crippen molar-refractivity contribution in [1.82, 2.24) is 0 Å². The number of nitrogen functional groups attached to an aromatic ring is 1. The molecule has 0 bridgehead atoms. The fourth-order valence-corrected chi connectivity index (χ4v) is 2.79. The van der Waals surface area contributed by atoms with E-state index in [1.807, 2.05) is 12.1 Å². The van der Waals surface area contributed by atoms with Crippen LogP contribution in [0.3, 0.4) is 0 Å². The standard InChI is InChI=1S/C15H14N2OS/c1-18-14-8-11(16)7-13(9-14)17-12-2-3-15-10(6-12)4-5-19-15/h2-9,17H,16H2,1H3. The smallest absolute Gasteiger partial charge is 0.122 e. The van der Waals surface area contributed by atoms with E-state index in [9.17, 15) is 0 Å². The van der Waals surface area contributed by atoms with Crippen LogP contribution < -0.4 is 15.8 Å².